The van der Waals surface area contributed by atoms with Gasteiger partial charge in [0.2, 0.25) is 12.6 Å². The minimum Gasteiger partial charge on any atom is -0.436 e. The number of furan rings is 1. The molecule has 0 amide bonds. The van der Waals surface area contributed by atoms with E-state index in [4.69, 9.17) is 15.1 Å². The number of nitrogens with two attached hydrogens (primary N) is 1. The van der Waals surface area contributed by atoms with Crippen LogP contribution in [-0.4, -0.2) is 12.4 Å². The zero-order valence-corrected chi connectivity index (χ0v) is 34.4. The van der Waals surface area contributed by atoms with Crippen LogP contribution in [0.3, 0.4) is 0 Å². The van der Waals surface area contributed by atoms with Crippen molar-refractivity contribution in [1.82, 2.24) is 0 Å². The number of aliphatic imine (C=N–C) groups is 1. The van der Waals surface area contributed by atoms with Crippen LogP contribution in [0.15, 0.2) is 179 Å². The summed E-state index contributed by atoms with van der Waals surface area (Å²) in [5, 5.41) is 0.919. The summed E-state index contributed by atoms with van der Waals surface area (Å²) in [6.07, 6.45) is 8.85. The molecule has 0 bridgehead atoms. The number of nitrogen functional groups attached to an aromatic ring is 1. The molecular weight excluding hydrogens is 715 g/mol. The molecule has 0 spiro atoms. The quantitative estimate of drug-likeness (QED) is 0.157. The van der Waals surface area contributed by atoms with Crippen LogP contribution in [0, 0.1) is 34.6 Å². The molecule has 4 heteroatoms. The lowest BCUT2D eigenvalue weighted by Gasteiger charge is -2.25. The van der Waals surface area contributed by atoms with Crippen molar-refractivity contribution in [3.05, 3.63) is 198 Å². The molecule has 0 unspecified atom stereocenters. The molecule has 0 fully saturated rings. The van der Waals surface area contributed by atoms with Crippen molar-refractivity contribution in [2.75, 3.05) is 5.73 Å². The zero-order valence-electron chi connectivity index (χ0n) is 34.4. The van der Waals surface area contributed by atoms with Gasteiger partial charge in [-0.15, -0.1) is 0 Å². The van der Waals surface area contributed by atoms with E-state index < -0.39 is 0 Å². The van der Waals surface area contributed by atoms with E-state index in [1.54, 1.807) is 0 Å². The van der Waals surface area contributed by atoms with E-state index in [1.807, 2.05) is 24.3 Å². The molecule has 286 valence electrons. The van der Waals surface area contributed by atoms with Gasteiger partial charge in [0.1, 0.15) is 11.3 Å². The van der Waals surface area contributed by atoms with E-state index in [-0.39, 0.29) is 6.71 Å². The van der Waals surface area contributed by atoms with Crippen molar-refractivity contribution in [3.63, 3.8) is 0 Å². The van der Waals surface area contributed by atoms with Crippen molar-refractivity contribution in [1.29, 1.82) is 0 Å². The highest BCUT2D eigenvalue weighted by atomic mass is 16.3. The maximum absolute atomic E-state index is 6.71. The second kappa shape index (κ2) is 15.8. The molecule has 3 nitrogen and oxygen atoms in total. The molecule has 0 atom stereocenters. The second-order valence-electron chi connectivity index (χ2n) is 15.9. The molecule has 1 aromatic heterocycles. The third kappa shape index (κ3) is 7.28. The maximum Gasteiger partial charge on any atom is 0.243 e. The van der Waals surface area contributed by atoms with Gasteiger partial charge >= 0.3 is 0 Å². The van der Waals surface area contributed by atoms with Gasteiger partial charge in [-0.05, 0) is 103 Å². The Kier molecular flexibility index (Phi) is 10.1. The molecule has 7 aromatic carbocycles. The molecular formula is C55H47BN2O. The van der Waals surface area contributed by atoms with Crippen LogP contribution in [0.2, 0.25) is 0 Å². The smallest absolute Gasteiger partial charge is 0.243 e. The average Bonchev–Trinajstić information content (AvgIpc) is 3.58. The van der Waals surface area contributed by atoms with Gasteiger partial charge in [0.15, 0.2) is 0 Å². The van der Waals surface area contributed by atoms with Gasteiger partial charge in [0.25, 0.3) is 0 Å². The molecule has 1 aliphatic rings. The van der Waals surface area contributed by atoms with Gasteiger partial charge in [-0.1, -0.05) is 190 Å². The fraction of sp³-hybridized carbons (Fsp3) is 0.109. The first-order valence-corrected chi connectivity index (χ1v) is 20.5. The second-order valence-corrected chi connectivity index (χ2v) is 15.9. The van der Waals surface area contributed by atoms with Gasteiger partial charge in [-0.3, -0.25) is 0 Å². The molecule has 1 aliphatic carbocycles. The third-order valence-corrected chi connectivity index (χ3v) is 12.0. The van der Waals surface area contributed by atoms with Crippen molar-refractivity contribution < 1.29 is 4.42 Å². The first-order chi connectivity index (χ1) is 28.7. The highest BCUT2D eigenvalue weighted by molar-refractivity contribution is 6.96. The lowest BCUT2D eigenvalue weighted by atomic mass is 9.34. The van der Waals surface area contributed by atoms with Gasteiger partial charge in [-0.2, -0.15) is 0 Å². The highest BCUT2D eigenvalue weighted by Gasteiger charge is 2.29. The first kappa shape index (κ1) is 37.7. The lowest BCUT2D eigenvalue weighted by molar-refractivity contribution is 0.627. The van der Waals surface area contributed by atoms with Gasteiger partial charge in [-0.25, -0.2) is 4.99 Å². The SMILES string of the molecule is Cc1cc(-c2ccccc2)cc(C)c1B(c1ccc(-c2cccc(-c3ccc4oc(N=C5C=CC=CC5)c(N)c4c3C)c2)cc1)c1c(C)cc(-c2ccccc2)cc1C. The minimum absolute atomic E-state index is 0.0560. The minimum atomic E-state index is 0.0560. The number of benzene rings is 7. The standard InChI is InChI=1S/C55H47BN2O/c1-35-30-45(40-16-9-6-10-17-40)31-36(2)52(35)56(53-37(3)32-46(33-38(53)4)41-18-11-7-12-19-41)47-26-24-42(25-27-47)43-20-15-21-44(34-43)49-28-29-50-51(39(49)5)54(57)55(59-50)58-48-22-13-8-14-23-48/h6-22,24-34H,23,57H2,1-5H3. The van der Waals surface area contributed by atoms with Crippen LogP contribution in [0.4, 0.5) is 11.6 Å². The van der Waals surface area contributed by atoms with Crippen molar-refractivity contribution in [2.24, 2.45) is 4.99 Å². The maximum atomic E-state index is 6.71. The third-order valence-electron chi connectivity index (χ3n) is 12.0. The number of hydrogen-bond acceptors (Lipinski definition) is 3. The van der Waals surface area contributed by atoms with Gasteiger partial charge < -0.3 is 10.2 Å². The molecule has 9 rings (SSSR count). The summed E-state index contributed by atoms with van der Waals surface area (Å²) in [6.45, 7) is 11.3. The van der Waals surface area contributed by atoms with Crippen molar-refractivity contribution in [2.45, 2.75) is 41.0 Å². The van der Waals surface area contributed by atoms with Crippen LogP contribution in [-0.2, 0) is 0 Å². The predicted molar refractivity (Wildman–Crippen MR) is 254 cm³/mol. The number of allylic oxidation sites excluding steroid dienone is 4. The summed E-state index contributed by atoms with van der Waals surface area (Å²) in [7, 11) is 0. The molecule has 1 heterocycles. The van der Waals surface area contributed by atoms with E-state index in [2.05, 4.69) is 180 Å². The number of fused-ring (bicyclic) bond motifs is 1. The molecule has 59 heavy (non-hydrogen) atoms. The molecule has 0 aliphatic heterocycles. The topological polar surface area (TPSA) is 51.5 Å². The molecule has 0 saturated heterocycles. The fourth-order valence-corrected chi connectivity index (χ4v) is 9.15. The Labute approximate surface area is 348 Å². The van der Waals surface area contributed by atoms with E-state index >= 15 is 0 Å². The van der Waals surface area contributed by atoms with Gasteiger partial charge in [0.05, 0.1) is 0 Å². The van der Waals surface area contributed by atoms with Gasteiger partial charge in [0, 0.05) is 17.5 Å². The summed E-state index contributed by atoms with van der Waals surface area (Å²) in [5.41, 5.74) is 28.8. The van der Waals surface area contributed by atoms with Crippen molar-refractivity contribution in [3.8, 4) is 44.5 Å². The molecule has 2 N–H and O–H groups in total. The molecule has 0 radical (unpaired) electrons. The van der Waals surface area contributed by atoms with E-state index in [0.29, 0.717) is 11.6 Å². The zero-order chi connectivity index (χ0) is 40.6. The van der Waals surface area contributed by atoms with Crippen LogP contribution in [0.1, 0.15) is 34.2 Å². The monoisotopic (exact) mass is 762 g/mol. The number of nitrogens with zero attached hydrogens (tertiary/aromatic N) is 1. The summed E-state index contributed by atoms with van der Waals surface area (Å²) < 4.78 is 6.17. The summed E-state index contributed by atoms with van der Waals surface area (Å²) in [6, 6.07) is 53.1. The molecule has 8 aromatic rings. The van der Waals surface area contributed by atoms with E-state index in [9.17, 15) is 0 Å². The number of anilines is 1. The summed E-state index contributed by atoms with van der Waals surface area (Å²) >= 11 is 0. The van der Waals surface area contributed by atoms with Crippen LogP contribution >= 0.6 is 0 Å². The molecule has 0 saturated carbocycles. The predicted octanol–water partition coefficient (Wildman–Crippen LogP) is 12.3. The van der Waals surface area contributed by atoms with Crippen LogP contribution < -0.4 is 22.1 Å². The summed E-state index contributed by atoms with van der Waals surface area (Å²) in [5.74, 6) is 0.470. The number of rotatable bonds is 8. The first-order valence-electron chi connectivity index (χ1n) is 20.5. The largest absolute Gasteiger partial charge is 0.436 e. The number of aryl methyl sites for hydroxylation is 5. The Hall–Kier alpha value is -6.91. The average molecular weight is 763 g/mol. The van der Waals surface area contributed by atoms with Crippen LogP contribution in [0.25, 0.3) is 55.5 Å². The van der Waals surface area contributed by atoms with Crippen LogP contribution in [0.5, 0.6) is 0 Å². The Balaban J connectivity index is 1.10. The fourth-order valence-electron chi connectivity index (χ4n) is 9.15. The Bertz CT molecular complexity index is 2810. The van der Waals surface area contributed by atoms with Crippen molar-refractivity contribution >= 4 is 51.4 Å². The van der Waals surface area contributed by atoms with E-state index in [1.165, 1.54) is 66.5 Å². The Morgan fingerprint density at radius 2 is 1.07 bits per heavy atom. The normalized spacial score (nSPS) is 13.1. The highest BCUT2D eigenvalue weighted by Crippen LogP contribution is 2.41. The Morgan fingerprint density at radius 3 is 1.63 bits per heavy atom. The number of hydrogen-bond donors (Lipinski definition) is 1. The Morgan fingerprint density at radius 1 is 0.525 bits per heavy atom. The van der Waals surface area contributed by atoms with E-state index in [0.717, 1.165) is 45.4 Å². The summed E-state index contributed by atoms with van der Waals surface area (Å²) in [4.78, 5) is 4.75. The lowest BCUT2D eigenvalue weighted by Crippen LogP contribution is -2.55.